The number of amides is 1. The minimum atomic E-state index is 0.0718. The van der Waals surface area contributed by atoms with Crippen LogP contribution in [0.25, 0.3) is 0 Å². The maximum atomic E-state index is 11.8. The number of hydrogen-bond donors (Lipinski definition) is 2. The third kappa shape index (κ3) is 4.21. The molecular weight excluding hydrogens is 262 g/mol. The number of nitrogens with two attached hydrogens (primary N) is 1. The summed E-state index contributed by atoms with van der Waals surface area (Å²) < 4.78 is 0. The summed E-state index contributed by atoms with van der Waals surface area (Å²) >= 11 is 0. The van der Waals surface area contributed by atoms with E-state index < -0.39 is 0 Å². The van der Waals surface area contributed by atoms with E-state index in [9.17, 15) is 4.79 Å². The Bertz CT molecular complexity index is 497. The Kier molecular flexibility index (Phi) is 5.23. The van der Waals surface area contributed by atoms with Gasteiger partial charge in [-0.2, -0.15) is 0 Å². The van der Waals surface area contributed by atoms with E-state index in [0.717, 1.165) is 25.9 Å². The first-order chi connectivity index (χ1) is 9.97. The molecule has 0 radical (unpaired) electrons. The van der Waals surface area contributed by atoms with Gasteiger partial charge in [0.05, 0.1) is 0 Å². The average Bonchev–Trinajstić information content (AvgIpc) is 2.43. The molecule has 0 saturated heterocycles. The van der Waals surface area contributed by atoms with Gasteiger partial charge in [0.1, 0.15) is 0 Å². The van der Waals surface area contributed by atoms with E-state index >= 15 is 0 Å². The smallest absolute Gasteiger partial charge is 0.221 e. The van der Waals surface area contributed by atoms with Crippen molar-refractivity contribution >= 4 is 11.6 Å². The van der Waals surface area contributed by atoms with Crippen LogP contribution in [0.1, 0.15) is 50.8 Å². The zero-order chi connectivity index (χ0) is 15.4. The molecule has 21 heavy (non-hydrogen) atoms. The SMILES string of the molecule is CC(C)NC(=O)CCN1CCCc2cc(C(C)N)ccc21. The molecule has 0 bridgehead atoms. The lowest BCUT2D eigenvalue weighted by Gasteiger charge is -2.32. The molecule has 1 atom stereocenters. The fourth-order valence-corrected chi connectivity index (χ4v) is 2.84. The minimum absolute atomic E-state index is 0.0718. The fraction of sp³-hybridized carbons (Fsp3) is 0.588. The van der Waals surface area contributed by atoms with Crippen LogP contribution in [0.15, 0.2) is 18.2 Å². The predicted octanol–water partition coefficient (Wildman–Crippen LogP) is 2.37. The number of aryl methyl sites for hydroxylation is 1. The van der Waals surface area contributed by atoms with Crippen LogP contribution >= 0.6 is 0 Å². The molecule has 1 aliphatic rings. The highest BCUT2D eigenvalue weighted by Crippen LogP contribution is 2.29. The average molecular weight is 289 g/mol. The first-order valence-electron chi connectivity index (χ1n) is 7.90. The molecule has 0 spiro atoms. The van der Waals surface area contributed by atoms with Crippen LogP contribution in [0.5, 0.6) is 0 Å². The van der Waals surface area contributed by atoms with E-state index in [1.54, 1.807) is 0 Å². The van der Waals surface area contributed by atoms with Crippen molar-refractivity contribution in [2.45, 2.75) is 52.1 Å². The summed E-state index contributed by atoms with van der Waals surface area (Å²) in [5, 5.41) is 2.95. The second kappa shape index (κ2) is 6.94. The van der Waals surface area contributed by atoms with Crippen molar-refractivity contribution in [2.75, 3.05) is 18.0 Å². The molecule has 3 N–H and O–H groups in total. The quantitative estimate of drug-likeness (QED) is 0.875. The molecular formula is C17H27N3O. The third-order valence-electron chi connectivity index (χ3n) is 3.90. The molecule has 2 rings (SSSR count). The van der Waals surface area contributed by atoms with Crippen LogP contribution in [0.4, 0.5) is 5.69 Å². The molecule has 4 nitrogen and oxygen atoms in total. The monoisotopic (exact) mass is 289 g/mol. The Labute approximate surface area is 127 Å². The third-order valence-corrected chi connectivity index (χ3v) is 3.90. The van der Waals surface area contributed by atoms with Gasteiger partial charge in [-0.05, 0) is 50.8 Å². The van der Waals surface area contributed by atoms with Crippen molar-refractivity contribution in [3.8, 4) is 0 Å². The van der Waals surface area contributed by atoms with Crippen LogP contribution in [0, 0.1) is 0 Å². The Balaban J connectivity index is 2.03. The van der Waals surface area contributed by atoms with Crippen molar-refractivity contribution in [3.63, 3.8) is 0 Å². The number of hydrogen-bond acceptors (Lipinski definition) is 3. The summed E-state index contributed by atoms with van der Waals surface area (Å²) in [5.74, 6) is 0.129. The van der Waals surface area contributed by atoms with E-state index in [2.05, 4.69) is 28.4 Å². The normalized spacial score (nSPS) is 15.8. The maximum absolute atomic E-state index is 11.8. The van der Waals surface area contributed by atoms with Crippen LogP contribution in [0.2, 0.25) is 0 Å². The Hall–Kier alpha value is -1.55. The first-order valence-corrected chi connectivity index (χ1v) is 7.90. The summed E-state index contributed by atoms with van der Waals surface area (Å²) in [5.41, 5.74) is 9.78. The van der Waals surface area contributed by atoms with Crippen molar-refractivity contribution in [1.29, 1.82) is 0 Å². The number of nitrogens with one attached hydrogen (secondary N) is 1. The second-order valence-electron chi connectivity index (χ2n) is 6.24. The highest BCUT2D eigenvalue weighted by atomic mass is 16.1. The maximum Gasteiger partial charge on any atom is 0.221 e. The first kappa shape index (κ1) is 15.8. The van der Waals surface area contributed by atoms with E-state index in [-0.39, 0.29) is 18.0 Å². The van der Waals surface area contributed by atoms with E-state index in [4.69, 9.17) is 5.73 Å². The van der Waals surface area contributed by atoms with Gasteiger partial charge in [-0.25, -0.2) is 0 Å². The van der Waals surface area contributed by atoms with Crippen molar-refractivity contribution in [2.24, 2.45) is 5.73 Å². The minimum Gasteiger partial charge on any atom is -0.371 e. The van der Waals surface area contributed by atoms with Gasteiger partial charge in [0, 0.05) is 37.3 Å². The van der Waals surface area contributed by atoms with Crippen LogP contribution in [0.3, 0.4) is 0 Å². The lowest BCUT2D eigenvalue weighted by molar-refractivity contribution is -0.121. The van der Waals surface area contributed by atoms with Gasteiger partial charge in [-0.1, -0.05) is 12.1 Å². The number of carbonyl (C=O) groups is 1. The molecule has 1 aromatic carbocycles. The molecule has 4 heteroatoms. The highest BCUT2D eigenvalue weighted by molar-refractivity contribution is 5.77. The lowest BCUT2D eigenvalue weighted by atomic mass is 9.97. The van der Waals surface area contributed by atoms with Gasteiger partial charge < -0.3 is 16.0 Å². The Morgan fingerprint density at radius 2 is 2.14 bits per heavy atom. The summed E-state index contributed by atoms with van der Waals surface area (Å²) in [6.07, 6.45) is 2.79. The van der Waals surface area contributed by atoms with Crippen molar-refractivity contribution < 1.29 is 4.79 Å². The molecule has 1 unspecified atom stereocenters. The summed E-state index contributed by atoms with van der Waals surface area (Å²) in [6.45, 7) is 7.80. The van der Waals surface area contributed by atoms with Gasteiger partial charge in [0.15, 0.2) is 0 Å². The zero-order valence-electron chi connectivity index (χ0n) is 13.4. The largest absolute Gasteiger partial charge is 0.371 e. The molecule has 0 saturated carbocycles. The molecule has 1 aromatic rings. The number of anilines is 1. The predicted molar refractivity (Wildman–Crippen MR) is 87.5 cm³/mol. The van der Waals surface area contributed by atoms with Gasteiger partial charge in [0.25, 0.3) is 0 Å². The lowest BCUT2D eigenvalue weighted by Crippen LogP contribution is -2.36. The second-order valence-corrected chi connectivity index (χ2v) is 6.24. The number of fused-ring (bicyclic) bond motifs is 1. The van der Waals surface area contributed by atoms with Crippen molar-refractivity contribution in [3.05, 3.63) is 29.3 Å². The van der Waals surface area contributed by atoms with Crippen LogP contribution in [-0.4, -0.2) is 25.0 Å². The molecule has 1 amide bonds. The van der Waals surface area contributed by atoms with Crippen LogP contribution < -0.4 is 16.0 Å². The van der Waals surface area contributed by atoms with Gasteiger partial charge >= 0.3 is 0 Å². The molecule has 0 fully saturated rings. The van der Waals surface area contributed by atoms with Gasteiger partial charge in [0.2, 0.25) is 5.91 Å². The number of carbonyl (C=O) groups excluding carboxylic acids is 1. The summed E-state index contributed by atoms with van der Waals surface area (Å²) in [7, 11) is 0. The van der Waals surface area contributed by atoms with E-state index in [0.29, 0.717) is 6.42 Å². The van der Waals surface area contributed by atoms with Gasteiger partial charge in [-0.15, -0.1) is 0 Å². The molecule has 1 heterocycles. The molecule has 1 aliphatic heterocycles. The molecule has 0 aliphatic carbocycles. The summed E-state index contributed by atoms with van der Waals surface area (Å²) in [4.78, 5) is 14.1. The molecule has 116 valence electrons. The Morgan fingerprint density at radius 3 is 2.81 bits per heavy atom. The summed E-state index contributed by atoms with van der Waals surface area (Å²) in [6, 6.07) is 6.77. The van der Waals surface area contributed by atoms with E-state index in [1.165, 1.54) is 16.8 Å². The zero-order valence-corrected chi connectivity index (χ0v) is 13.4. The van der Waals surface area contributed by atoms with Gasteiger partial charge in [-0.3, -0.25) is 4.79 Å². The number of rotatable bonds is 5. The highest BCUT2D eigenvalue weighted by Gasteiger charge is 2.18. The Morgan fingerprint density at radius 1 is 1.38 bits per heavy atom. The number of benzene rings is 1. The topological polar surface area (TPSA) is 58.4 Å². The standard InChI is InChI=1S/C17H27N3O/c1-12(2)19-17(21)8-10-20-9-4-5-15-11-14(13(3)18)6-7-16(15)20/h6-7,11-13H,4-5,8-10,18H2,1-3H3,(H,19,21). The van der Waals surface area contributed by atoms with E-state index in [1.807, 2.05) is 20.8 Å². The molecule has 0 aromatic heterocycles. The fourth-order valence-electron chi connectivity index (χ4n) is 2.84. The van der Waals surface area contributed by atoms with Crippen LogP contribution in [-0.2, 0) is 11.2 Å². The number of nitrogens with zero attached hydrogens (tertiary/aromatic N) is 1. The van der Waals surface area contributed by atoms with Crippen molar-refractivity contribution in [1.82, 2.24) is 5.32 Å².